The summed E-state index contributed by atoms with van der Waals surface area (Å²) in [5.74, 6) is -1.11. The van der Waals surface area contributed by atoms with E-state index >= 15 is 0 Å². The Labute approximate surface area is 134 Å². The normalized spacial score (nSPS) is 14.8. The second-order valence-electron chi connectivity index (χ2n) is 5.50. The number of amides is 2. The van der Waals surface area contributed by atoms with Crippen LogP contribution < -0.4 is 10.9 Å². The highest BCUT2D eigenvalue weighted by atomic mass is 32.2. The molecule has 2 N–H and O–H groups in total. The molecule has 0 saturated heterocycles. The highest BCUT2D eigenvalue weighted by Gasteiger charge is 2.17. The smallest absolute Gasteiger partial charge is 0.273 e. The number of carbonyl (C=O) groups excluding carboxylic acids is 2. The van der Waals surface area contributed by atoms with Crippen LogP contribution in [-0.4, -0.2) is 32.2 Å². The zero-order valence-corrected chi connectivity index (χ0v) is 14.1. The molecule has 1 aliphatic carbocycles. The SMILES string of the molecule is CS(=O)(=O)CCC(=O)NNC(=O)c1cc2c(s1)CCCCC2. The van der Waals surface area contributed by atoms with Crippen LogP contribution in [0.4, 0.5) is 0 Å². The first-order valence-electron chi connectivity index (χ1n) is 7.23. The Balaban J connectivity index is 1.86. The number of hydrazine groups is 1. The molecule has 8 heteroatoms. The van der Waals surface area contributed by atoms with Crippen LogP contribution in [0.25, 0.3) is 0 Å². The van der Waals surface area contributed by atoms with Gasteiger partial charge in [-0.15, -0.1) is 11.3 Å². The Bertz CT molecular complexity index is 641. The van der Waals surface area contributed by atoms with E-state index in [0.29, 0.717) is 4.88 Å². The van der Waals surface area contributed by atoms with Crippen LogP contribution in [0, 0.1) is 0 Å². The topological polar surface area (TPSA) is 92.3 Å². The second kappa shape index (κ2) is 7.23. The van der Waals surface area contributed by atoms with Crippen molar-refractivity contribution in [3.05, 3.63) is 21.4 Å². The Hall–Kier alpha value is -1.41. The number of nitrogens with one attached hydrogen (secondary N) is 2. The van der Waals surface area contributed by atoms with Gasteiger partial charge in [-0.25, -0.2) is 8.42 Å². The summed E-state index contributed by atoms with van der Waals surface area (Å²) < 4.78 is 21.9. The van der Waals surface area contributed by atoms with Crippen LogP contribution in [-0.2, 0) is 27.5 Å². The summed E-state index contributed by atoms with van der Waals surface area (Å²) in [6, 6.07) is 1.89. The molecular weight excluding hydrogens is 324 g/mol. The minimum Gasteiger partial charge on any atom is -0.273 e. The van der Waals surface area contributed by atoms with Gasteiger partial charge in [-0.2, -0.15) is 0 Å². The average Bonchev–Trinajstić information content (AvgIpc) is 2.73. The van der Waals surface area contributed by atoms with Crippen LogP contribution in [0.15, 0.2) is 6.07 Å². The Morgan fingerprint density at radius 3 is 2.64 bits per heavy atom. The minimum atomic E-state index is -3.19. The highest BCUT2D eigenvalue weighted by Crippen LogP contribution is 2.28. The van der Waals surface area contributed by atoms with E-state index in [1.165, 1.54) is 28.2 Å². The average molecular weight is 344 g/mol. The maximum Gasteiger partial charge on any atom is 0.279 e. The van der Waals surface area contributed by atoms with E-state index in [1.54, 1.807) is 0 Å². The number of hydrogen-bond donors (Lipinski definition) is 2. The number of hydrogen-bond acceptors (Lipinski definition) is 5. The van der Waals surface area contributed by atoms with E-state index in [2.05, 4.69) is 10.9 Å². The Morgan fingerprint density at radius 2 is 1.91 bits per heavy atom. The van der Waals surface area contributed by atoms with Crippen molar-refractivity contribution in [1.82, 2.24) is 10.9 Å². The number of thiophene rings is 1. The van der Waals surface area contributed by atoms with Gasteiger partial charge >= 0.3 is 0 Å². The summed E-state index contributed by atoms with van der Waals surface area (Å²) >= 11 is 1.47. The molecule has 122 valence electrons. The summed E-state index contributed by atoms with van der Waals surface area (Å²) in [4.78, 5) is 25.3. The van der Waals surface area contributed by atoms with E-state index in [9.17, 15) is 18.0 Å². The van der Waals surface area contributed by atoms with E-state index in [0.717, 1.165) is 31.9 Å². The largest absolute Gasteiger partial charge is 0.279 e. The zero-order chi connectivity index (χ0) is 16.2. The van der Waals surface area contributed by atoms with E-state index in [-0.39, 0.29) is 18.1 Å². The zero-order valence-electron chi connectivity index (χ0n) is 12.5. The van der Waals surface area contributed by atoms with E-state index in [4.69, 9.17) is 0 Å². The predicted molar refractivity (Wildman–Crippen MR) is 85.5 cm³/mol. The molecule has 0 saturated carbocycles. The lowest BCUT2D eigenvalue weighted by atomic mass is 10.1. The Morgan fingerprint density at radius 1 is 1.18 bits per heavy atom. The van der Waals surface area contributed by atoms with Crippen LogP contribution in [0.3, 0.4) is 0 Å². The molecule has 22 heavy (non-hydrogen) atoms. The van der Waals surface area contributed by atoms with Gasteiger partial charge in [0.05, 0.1) is 10.6 Å². The molecule has 2 rings (SSSR count). The van der Waals surface area contributed by atoms with Gasteiger partial charge in [0.2, 0.25) is 5.91 Å². The molecule has 0 aromatic carbocycles. The highest BCUT2D eigenvalue weighted by molar-refractivity contribution is 7.90. The number of rotatable bonds is 4. The molecule has 0 bridgehead atoms. The van der Waals surface area contributed by atoms with E-state index < -0.39 is 15.7 Å². The molecule has 0 unspecified atom stereocenters. The van der Waals surface area contributed by atoms with Crippen molar-refractivity contribution < 1.29 is 18.0 Å². The minimum absolute atomic E-state index is 0.167. The van der Waals surface area contributed by atoms with Gasteiger partial charge in [0.25, 0.3) is 5.91 Å². The molecule has 0 spiro atoms. The third kappa shape index (κ3) is 5.10. The number of fused-ring (bicyclic) bond motifs is 1. The summed E-state index contributed by atoms with van der Waals surface area (Å²) in [5.41, 5.74) is 5.82. The summed E-state index contributed by atoms with van der Waals surface area (Å²) in [7, 11) is -3.19. The third-order valence-corrected chi connectivity index (χ3v) is 5.67. The van der Waals surface area contributed by atoms with Crippen molar-refractivity contribution in [3.63, 3.8) is 0 Å². The van der Waals surface area contributed by atoms with Crippen molar-refractivity contribution in [2.75, 3.05) is 12.0 Å². The fourth-order valence-electron chi connectivity index (χ4n) is 2.31. The number of aryl methyl sites for hydroxylation is 2. The lowest BCUT2D eigenvalue weighted by Gasteiger charge is -2.05. The molecule has 1 heterocycles. The number of sulfone groups is 1. The molecule has 0 fully saturated rings. The van der Waals surface area contributed by atoms with Gasteiger partial charge in [0, 0.05) is 17.6 Å². The summed E-state index contributed by atoms with van der Waals surface area (Å²) in [5, 5.41) is 0. The van der Waals surface area contributed by atoms with Gasteiger partial charge in [-0.1, -0.05) is 6.42 Å². The standard InChI is InChI=1S/C14H20N2O4S2/c1-22(19,20)8-7-13(17)15-16-14(18)12-9-10-5-3-2-4-6-11(10)21-12/h9H,2-8H2,1H3,(H,15,17)(H,16,18). The van der Waals surface area contributed by atoms with Gasteiger partial charge < -0.3 is 0 Å². The maximum absolute atomic E-state index is 12.0. The third-order valence-electron chi connectivity index (χ3n) is 3.49. The fraction of sp³-hybridized carbons (Fsp3) is 0.571. The first-order valence-corrected chi connectivity index (χ1v) is 10.1. The second-order valence-corrected chi connectivity index (χ2v) is 8.90. The molecule has 0 radical (unpaired) electrons. The van der Waals surface area contributed by atoms with Gasteiger partial charge in [0.1, 0.15) is 9.84 Å². The van der Waals surface area contributed by atoms with Crippen molar-refractivity contribution >= 4 is 33.0 Å². The molecule has 1 aromatic heterocycles. The van der Waals surface area contributed by atoms with E-state index in [1.807, 2.05) is 6.07 Å². The maximum atomic E-state index is 12.0. The van der Waals surface area contributed by atoms with Crippen molar-refractivity contribution in [2.45, 2.75) is 38.5 Å². The summed E-state index contributed by atoms with van der Waals surface area (Å²) in [6.07, 6.45) is 6.43. The molecule has 0 atom stereocenters. The first-order chi connectivity index (χ1) is 10.3. The predicted octanol–water partition coefficient (Wildman–Crippen LogP) is 1.21. The summed E-state index contributed by atoms with van der Waals surface area (Å²) in [6.45, 7) is 0. The van der Waals surface area contributed by atoms with Crippen LogP contribution in [0.2, 0.25) is 0 Å². The molecular formula is C14H20N2O4S2. The molecule has 1 aromatic rings. The fourth-order valence-corrected chi connectivity index (χ4v) is 4.01. The first kappa shape index (κ1) is 17.0. The van der Waals surface area contributed by atoms with Gasteiger partial charge in [0.15, 0.2) is 0 Å². The van der Waals surface area contributed by atoms with Crippen molar-refractivity contribution in [3.8, 4) is 0 Å². The Kier molecular flexibility index (Phi) is 5.57. The molecule has 6 nitrogen and oxygen atoms in total. The number of carbonyl (C=O) groups is 2. The van der Waals surface area contributed by atoms with Crippen LogP contribution >= 0.6 is 11.3 Å². The van der Waals surface area contributed by atoms with Gasteiger partial charge in [-0.3, -0.25) is 20.4 Å². The van der Waals surface area contributed by atoms with Crippen LogP contribution in [0.1, 0.15) is 45.8 Å². The molecule has 0 aliphatic heterocycles. The lowest BCUT2D eigenvalue weighted by molar-refractivity contribution is -0.121. The molecule has 1 aliphatic rings. The molecule has 2 amide bonds. The van der Waals surface area contributed by atoms with Crippen molar-refractivity contribution in [1.29, 1.82) is 0 Å². The van der Waals surface area contributed by atoms with Crippen LogP contribution in [0.5, 0.6) is 0 Å². The quantitative estimate of drug-likeness (QED) is 0.634. The van der Waals surface area contributed by atoms with Gasteiger partial charge in [-0.05, 0) is 37.3 Å². The lowest BCUT2D eigenvalue weighted by Crippen LogP contribution is -2.41. The van der Waals surface area contributed by atoms with Crippen molar-refractivity contribution in [2.24, 2.45) is 0 Å². The monoisotopic (exact) mass is 344 g/mol.